The van der Waals surface area contributed by atoms with Gasteiger partial charge in [-0.2, -0.15) is 0 Å². The second kappa shape index (κ2) is 6.91. The molecule has 0 spiro atoms. The van der Waals surface area contributed by atoms with Gasteiger partial charge in [-0.05, 0) is 32.8 Å². The SMILES string of the molecule is COC(=O)[C@@]12CN(Cc3ccccc3)C[C@@H]1CCN2C(=O)OC(C)(C)C. The molecule has 0 radical (unpaired) electrons. The second-order valence-corrected chi connectivity index (χ2v) is 8.19. The average Bonchev–Trinajstić information content (AvgIpc) is 3.09. The Labute approximate surface area is 155 Å². The van der Waals surface area contributed by atoms with Gasteiger partial charge in [0.15, 0.2) is 5.54 Å². The number of nitrogens with zero attached hydrogens (tertiary/aromatic N) is 2. The van der Waals surface area contributed by atoms with E-state index in [9.17, 15) is 9.59 Å². The molecule has 1 aromatic carbocycles. The van der Waals surface area contributed by atoms with Crippen molar-refractivity contribution in [2.45, 2.75) is 44.9 Å². The zero-order chi connectivity index (χ0) is 18.9. The molecular formula is C20H28N2O4. The molecule has 0 aromatic heterocycles. The van der Waals surface area contributed by atoms with Crippen molar-refractivity contribution in [3.05, 3.63) is 35.9 Å². The molecule has 2 aliphatic heterocycles. The number of esters is 1. The lowest BCUT2D eigenvalue weighted by Crippen LogP contribution is -2.59. The Kier molecular flexibility index (Phi) is 4.97. The van der Waals surface area contributed by atoms with Gasteiger partial charge >= 0.3 is 12.1 Å². The van der Waals surface area contributed by atoms with E-state index in [1.54, 1.807) is 4.90 Å². The zero-order valence-electron chi connectivity index (χ0n) is 16.0. The Morgan fingerprint density at radius 3 is 2.54 bits per heavy atom. The highest BCUT2D eigenvalue weighted by Gasteiger charge is 2.62. The van der Waals surface area contributed by atoms with Gasteiger partial charge in [-0.15, -0.1) is 0 Å². The van der Waals surface area contributed by atoms with Crippen LogP contribution in [0, 0.1) is 5.92 Å². The standard InChI is InChI=1S/C20H28N2O4/c1-19(2,3)26-18(24)22-11-10-16-13-21(12-15-8-6-5-7-9-15)14-20(16,22)17(23)25-4/h5-9,16H,10-14H2,1-4H3/t16-,20+/m0/s1. The Bertz CT molecular complexity index is 670. The molecule has 2 atom stereocenters. The van der Waals surface area contributed by atoms with Gasteiger partial charge in [-0.3, -0.25) is 9.80 Å². The summed E-state index contributed by atoms with van der Waals surface area (Å²) in [6.07, 6.45) is 0.339. The van der Waals surface area contributed by atoms with Crippen LogP contribution in [0.1, 0.15) is 32.8 Å². The van der Waals surface area contributed by atoms with E-state index in [0.29, 0.717) is 13.1 Å². The van der Waals surface area contributed by atoms with E-state index in [1.165, 1.54) is 12.7 Å². The van der Waals surface area contributed by atoms with Crippen LogP contribution in [0.3, 0.4) is 0 Å². The molecule has 26 heavy (non-hydrogen) atoms. The summed E-state index contributed by atoms with van der Waals surface area (Å²) in [4.78, 5) is 29.4. The predicted molar refractivity (Wildman–Crippen MR) is 97.5 cm³/mol. The lowest BCUT2D eigenvalue weighted by Gasteiger charge is -2.36. The van der Waals surface area contributed by atoms with Gasteiger partial charge in [0.1, 0.15) is 5.60 Å². The minimum atomic E-state index is -0.953. The molecule has 2 heterocycles. The van der Waals surface area contributed by atoms with E-state index in [4.69, 9.17) is 9.47 Å². The molecule has 0 aliphatic carbocycles. The first kappa shape index (κ1) is 18.7. The van der Waals surface area contributed by atoms with Gasteiger partial charge in [-0.1, -0.05) is 30.3 Å². The summed E-state index contributed by atoms with van der Waals surface area (Å²) in [7, 11) is 1.39. The lowest BCUT2D eigenvalue weighted by molar-refractivity contribution is -0.154. The molecule has 0 saturated carbocycles. The van der Waals surface area contributed by atoms with E-state index in [2.05, 4.69) is 17.0 Å². The molecule has 1 aromatic rings. The smallest absolute Gasteiger partial charge is 0.411 e. The number of rotatable bonds is 3. The largest absolute Gasteiger partial charge is 0.467 e. The number of hydrogen-bond acceptors (Lipinski definition) is 5. The average molecular weight is 360 g/mol. The lowest BCUT2D eigenvalue weighted by atomic mass is 9.88. The van der Waals surface area contributed by atoms with Crippen LogP contribution in [0.4, 0.5) is 4.79 Å². The van der Waals surface area contributed by atoms with E-state index in [-0.39, 0.29) is 11.9 Å². The van der Waals surface area contributed by atoms with Gasteiger partial charge in [0, 0.05) is 32.1 Å². The summed E-state index contributed by atoms with van der Waals surface area (Å²) in [5, 5.41) is 0. The molecule has 2 fully saturated rings. The highest BCUT2D eigenvalue weighted by atomic mass is 16.6. The topological polar surface area (TPSA) is 59.1 Å². The van der Waals surface area contributed by atoms with Gasteiger partial charge in [-0.25, -0.2) is 9.59 Å². The first-order valence-corrected chi connectivity index (χ1v) is 9.11. The fraction of sp³-hybridized carbons (Fsp3) is 0.600. The molecule has 1 amide bonds. The molecule has 2 aliphatic rings. The summed E-state index contributed by atoms with van der Waals surface area (Å²) < 4.78 is 10.7. The number of benzene rings is 1. The summed E-state index contributed by atoms with van der Waals surface area (Å²) in [6, 6.07) is 10.2. The van der Waals surface area contributed by atoms with Crippen molar-refractivity contribution in [2.24, 2.45) is 5.92 Å². The quantitative estimate of drug-likeness (QED) is 0.776. The van der Waals surface area contributed by atoms with E-state index < -0.39 is 17.2 Å². The molecule has 3 rings (SSSR count). The number of ether oxygens (including phenoxy) is 2. The van der Waals surface area contributed by atoms with Crippen molar-refractivity contribution in [2.75, 3.05) is 26.7 Å². The highest BCUT2D eigenvalue weighted by molar-refractivity contribution is 5.88. The van der Waals surface area contributed by atoms with E-state index in [1.807, 2.05) is 39.0 Å². The molecule has 6 nitrogen and oxygen atoms in total. The highest BCUT2D eigenvalue weighted by Crippen LogP contribution is 2.43. The molecule has 142 valence electrons. The van der Waals surface area contributed by atoms with E-state index >= 15 is 0 Å². The van der Waals surface area contributed by atoms with Crippen LogP contribution in [0.25, 0.3) is 0 Å². The molecule has 6 heteroatoms. The number of hydrogen-bond donors (Lipinski definition) is 0. The van der Waals surface area contributed by atoms with Crippen LogP contribution in [0.5, 0.6) is 0 Å². The first-order chi connectivity index (χ1) is 12.3. The van der Waals surface area contributed by atoms with Crippen molar-refractivity contribution in [1.82, 2.24) is 9.80 Å². The van der Waals surface area contributed by atoms with Gasteiger partial charge in [0.05, 0.1) is 7.11 Å². The zero-order valence-corrected chi connectivity index (χ0v) is 16.0. The third kappa shape index (κ3) is 3.43. The van der Waals surface area contributed by atoms with Crippen LogP contribution in [0.2, 0.25) is 0 Å². The van der Waals surface area contributed by atoms with Crippen LogP contribution < -0.4 is 0 Å². The second-order valence-electron chi connectivity index (χ2n) is 8.19. The van der Waals surface area contributed by atoms with Crippen LogP contribution >= 0.6 is 0 Å². The van der Waals surface area contributed by atoms with Gasteiger partial charge in [0.2, 0.25) is 0 Å². The maximum atomic E-state index is 12.8. The summed E-state index contributed by atoms with van der Waals surface area (Å²) >= 11 is 0. The fourth-order valence-electron chi connectivity index (χ4n) is 4.17. The summed E-state index contributed by atoms with van der Waals surface area (Å²) in [5.41, 5.74) is -0.364. The van der Waals surface area contributed by atoms with Gasteiger partial charge < -0.3 is 9.47 Å². The monoisotopic (exact) mass is 360 g/mol. The first-order valence-electron chi connectivity index (χ1n) is 9.11. The third-order valence-corrected chi connectivity index (χ3v) is 5.20. The number of carbonyl (C=O) groups excluding carboxylic acids is 2. The Morgan fingerprint density at radius 1 is 1.23 bits per heavy atom. The number of likely N-dealkylation sites (tertiary alicyclic amines) is 2. The Morgan fingerprint density at radius 2 is 1.92 bits per heavy atom. The van der Waals surface area contributed by atoms with Crippen LogP contribution in [0.15, 0.2) is 30.3 Å². The fourth-order valence-corrected chi connectivity index (χ4v) is 4.17. The van der Waals surface area contributed by atoms with E-state index in [0.717, 1.165) is 19.5 Å². The molecule has 2 saturated heterocycles. The van der Waals surface area contributed by atoms with Crippen molar-refractivity contribution >= 4 is 12.1 Å². The molecule has 0 N–H and O–H groups in total. The van der Waals surface area contributed by atoms with Crippen molar-refractivity contribution in [3.63, 3.8) is 0 Å². The minimum Gasteiger partial charge on any atom is -0.467 e. The normalized spacial score (nSPS) is 25.8. The minimum absolute atomic E-state index is 0.0613. The molecule has 0 bridgehead atoms. The van der Waals surface area contributed by atoms with Crippen LogP contribution in [-0.2, 0) is 20.8 Å². The third-order valence-electron chi connectivity index (χ3n) is 5.20. The van der Waals surface area contributed by atoms with Crippen molar-refractivity contribution < 1.29 is 19.1 Å². The summed E-state index contributed by atoms with van der Waals surface area (Å²) in [5.74, 6) is -0.285. The molecule has 0 unspecified atom stereocenters. The van der Waals surface area contributed by atoms with Crippen molar-refractivity contribution in [3.8, 4) is 0 Å². The number of amides is 1. The maximum Gasteiger partial charge on any atom is 0.411 e. The van der Waals surface area contributed by atoms with Crippen molar-refractivity contribution in [1.29, 1.82) is 0 Å². The Balaban J connectivity index is 1.83. The number of carbonyl (C=O) groups is 2. The van der Waals surface area contributed by atoms with Crippen LogP contribution in [-0.4, -0.2) is 59.7 Å². The number of fused-ring (bicyclic) bond motifs is 1. The summed E-state index contributed by atoms with van der Waals surface area (Å²) in [6.45, 7) is 8.01. The predicted octanol–water partition coefficient (Wildman–Crippen LogP) is 2.67. The molecular weight excluding hydrogens is 332 g/mol. The maximum absolute atomic E-state index is 12.8. The Hall–Kier alpha value is -2.08. The van der Waals surface area contributed by atoms with Gasteiger partial charge in [0.25, 0.3) is 0 Å². The number of methoxy groups -OCH3 is 1.